The highest BCUT2D eigenvalue weighted by molar-refractivity contribution is 5.37. The van der Waals surface area contributed by atoms with Gasteiger partial charge in [-0.05, 0) is 60.9 Å². The summed E-state index contributed by atoms with van der Waals surface area (Å²) in [4.78, 5) is 0. The van der Waals surface area contributed by atoms with Crippen molar-refractivity contribution in [3.63, 3.8) is 0 Å². The first kappa shape index (κ1) is 14.2. The number of hydrogen-bond acceptors (Lipinski definition) is 2. The Balaban J connectivity index is 1.70. The Morgan fingerprint density at radius 2 is 1.90 bits per heavy atom. The fourth-order valence-corrected chi connectivity index (χ4v) is 3.04. The highest BCUT2D eigenvalue weighted by atomic mass is 16.5. The van der Waals surface area contributed by atoms with Crippen molar-refractivity contribution in [3.05, 3.63) is 64.7 Å². The molecule has 1 unspecified atom stereocenters. The Kier molecular flexibility index (Phi) is 4.26. The maximum absolute atomic E-state index is 6.03. The summed E-state index contributed by atoms with van der Waals surface area (Å²) in [6.45, 7) is 2.65. The van der Waals surface area contributed by atoms with Gasteiger partial charge in [0.05, 0.1) is 0 Å². The SMILES string of the molecule is CC(N)Cc1ccccc1OCc1ccc2c(c1)CCC2. The van der Waals surface area contributed by atoms with Crippen molar-refractivity contribution < 1.29 is 4.74 Å². The summed E-state index contributed by atoms with van der Waals surface area (Å²) in [5, 5.41) is 0. The third kappa shape index (κ3) is 3.45. The molecule has 1 aliphatic rings. The molecule has 3 rings (SSSR count). The Hall–Kier alpha value is -1.80. The molecular formula is C19H23NO. The van der Waals surface area contributed by atoms with E-state index in [0.717, 1.165) is 12.2 Å². The largest absolute Gasteiger partial charge is 0.489 e. The number of fused-ring (bicyclic) bond motifs is 1. The van der Waals surface area contributed by atoms with Gasteiger partial charge in [-0.15, -0.1) is 0 Å². The summed E-state index contributed by atoms with van der Waals surface area (Å²) in [5.74, 6) is 0.954. The van der Waals surface area contributed by atoms with Crippen LogP contribution in [0.5, 0.6) is 5.75 Å². The predicted octanol–water partition coefficient (Wildman–Crippen LogP) is 3.64. The number of aryl methyl sites for hydroxylation is 2. The summed E-state index contributed by atoms with van der Waals surface area (Å²) in [7, 11) is 0. The van der Waals surface area contributed by atoms with Gasteiger partial charge in [-0.3, -0.25) is 0 Å². The number of hydrogen-bond donors (Lipinski definition) is 1. The molecule has 2 aromatic rings. The summed E-state index contributed by atoms with van der Waals surface area (Å²) >= 11 is 0. The number of benzene rings is 2. The fourth-order valence-electron chi connectivity index (χ4n) is 3.04. The Bertz CT molecular complexity index is 619. The molecule has 0 spiro atoms. The standard InChI is InChI=1S/C19H23NO/c1-14(20)11-18-5-2-3-8-19(18)21-13-15-9-10-16-6-4-7-17(16)12-15/h2-3,5,8-10,12,14H,4,6-7,11,13,20H2,1H3. The molecule has 0 saturated carbocycles. The van der Waals surface area contributed by atoms with Crippen LogP contribution in [-0.4, -0.2) is 6.04 Å². The van der Waals surface area contributed by atoms with E-state index in [0.29, 0.717) is 6.61 Å². The van der Waals surface area contributed by atoms with Crippen LogP contribution in [0.1, 0.15) is 35.6 Å². The van der Waals surface area contributed by atoms with Gasteiger partial charge in [0.15, 0.2) is 0 Å². The summed E-state index contributed by atoms with van der Waals surface area (Å²) in [6.07, 6.45) is 4.58. The topological polar surface area (TPSA) is 35.2 Å². The Morgan fingerprint density at radius 3 is 2.76 bits per heavy atom. The van der Waals surface area contributed by atoms with Crippen LogP contribution in [-0.2, 0) is 25.9 Å². The molecule has 2 heteroatoms. The molecular weight excluding hydrogens is 258 g/mol. The molecule has 0 aliphatic heterocycles. The first-order valence-corrected chi connectivity index (χ1v) is 7.79. The Morgan fingerprint density at radius 1 is 1.10 bits per heavy atom. The van der Waals surface area contributed by atoms with Gasteiger partial charge in [0, 0.05) is 6.04 Å². The predicted molar refractivity (Wildman–Crippen MR) is 86.6 cm³/mol. The average Bonchev–Trinajstić information content (AvgIpc) is 2.93. The van der Waals surface area contributed by atoms with E-state index < -0.39 is 0 Å². The van der Waals surface area contributed by atoms with Gasteiger partial charge in [0.25, 0.3) is 0 Å². The molecule has 0 saturated heterocycles. The first-order chi connectivity index (χ1) is 10.2. The lowest BCUT2D eigenvalue weighted by Crippen LogP contribution is -2.18. The van der Waals surface area contributed by atoms with Crippen LogP contribution in [0.4, 0.5) is 0 Å². The monoisotopic (exact) mass is 281 g/mol. The quantitative estimate of drug-likeness (QED) is 0.908. The highest BCUT2D eigenvalue weighted by Crippen LogP contribution is 2.24. The minimum Gasteiger partial charge on any atom is -0.489 e. The van der Waals surface area contributed by atoms with Gasteiger partial charge in [0.2, 0.25) is 0 Å². The van der Waals surface area contributed by atoms with Crippen molar-refractivity contribution in [1.29, 1.82) is 0 Å². The van der Waals surface area contributed by atoms with Crippen LogP contribution in [0.25, 0.3) is 0 Å². The fraction of sp³-hybridized carbons (Fsp3) is 0.368. The van der Waals surface area contributed by atoms with E-state index in [1.165, 1.54) is 41.5 Å². The van der Waals surface area contributed by atoms with Crippen LogP contribution in [0.3, 0.4) is 0 Å². The van der Waals surface area contributed by atoms with E-state index in [4.69, 9.17) is 10.5 Å². The van der Waals surface area contributed by atoms with Crippen molar-refractivity contribution in [2.24, 2.45) is 5.73 Å². The van der Waals surface area contributed by atoms with Gasteiger partial charge < -0.3 is 10.5 Å². The van der Waals surface area contributed by atoms with Crippen molar-refractivity contribution in [2.75, 3.05) is 0 Å². The molecule has 0 radical (unpaired) electrons. The molecule has 0 bridgehead atoms. The number of para-hydroxylation sites is 1. The number of rotatable bonds is 5. The van der Waals surface area contributed by atoms with Gasteiger partial charge in [-0.2, -0.15) is 0 Å². The second-order valence-corrected chi connectivity index (χ2v) is 6.03. The molecule has 0 fully saturated rings. The van der Waals surface area contributed by atoms with E-state index in [9.17, 15) is 0 Å². The van der Waals surface area contributed by atoms with E-state index in [1.54, 1.807) is 0 Å². The van der Waals surface area contributed by atoms with E-state index >= 15 is 0 Å². The molecule has 21 heavy (non-hydrogen) atoms. The van der Waals surface area contributed by atoms with Crippen molar-refractivity contribution in [1.82, 2.24) is 0 Å². The number of nitrogens with two attached hydrogens (primary N) is 1. The summed E-state index contributed by atoms with van der Waals surface area (Å²) < 4.78 is 6.03. The zero-order valence-corrected chi connectivity index (χ0v) is 12.6. The summed E-state index contributed by atoms with van der Waals surface area (Å²) in [6, 6.07) is 15.1. The minimum atomic E-state index is 0.148. The average molecular weight is 281 g/mol. The molecule has 2 nitrogen and oxygen atoms in total. The van der Waals surface area contributed by atoms with Crippen LogP contribution in [0, 0.1) is 0 Å². The smallest absolute Gasteiger partial charge is 0.123 e. The molecule has 110 valence electrons. The van der Waals surface area contributed by atoms with Gasteiger partial charge in [-0.1, -0.05) is 36.4 Å². The second-order valence-electron chi connectivity index (χ2n) is 6.03. The molecule has 1 atom stereocenters. The molecule has 2 N–H and O–H groups in total. The number of ether oxygens (including phenoxy) is 1. The highest BCUT2D eigenvalue weighted by Gasteiger charge is 2.11. The van der Waals surface area contributed by atoms with Crippen LogP contribution in [0.15, 0.2) is 42.5 Å². The lowest BCUT2D eigenvalue weighted by molar-refractivity contribution is 0.302. The maximum Gasteiger partial charge on any atom is 0.123 e. The van der Waals surface area contributed by atoms with Crippen molar-refractivity contribution in [2.45, 2.75) is 45.3 Å². The molecule has 0 heterocycles. The lowest BCUT2D eigenvalue weighted by Gasteiger charge is -2.13. The maximum atomic E-state index is 6.03. The van der Waals surface area contributed by atoms with E-state index in [2.05, 4.69) is 24.3 Å². The van der Waals surface area contributed by atoms with Crippen LogP contribution in [0.2, 0.25) is 0 Å². The van der Waals surface area contributed by atoms with Crippen molar-refractivity contribution >= 4 is 0 Å². The third-order valence-corrected chi connectivity index (χ3v) is 4.07. The zero-order chi connectivity index (χ0) is 14.7. The normalized spacial score (nSPS) is 14.8. The van der Waals surface area contributed by atoms with Gasteiger partial charge >= 0.3 is 0 Å². The van der Waals surface area contributed by atoms with Gasteiger partial charge in [-0.25, -0.2) is 0 Å². The van der Waals surface area contributed by atoms with Crippen molar-refractivity contribution in [3.8, 4) is 5.75 Å². The second kappa shape index (κ2) is 6.31. The first-order valence-electron chi connectivity index (χ1n) is 7.79. The van der Waals surface area contributed by atoms with Gasteiger partial charge in [0.1, 0.15) is 12.4 Å². The van der Waals surface area contributed by atoms with E-state index in [-0.39, 0.29) is 6.04 Å². The Labute approximate surface area is 126 Å². The zero-order valence-electron chi connectivity index (χ0n) is 12.6. The molecule has 1 aliphatic carbocycles. The third-order valence-electron chi connectivity index (χ3n) is 4.07. The van der Waals surface area contributed by atoms with E-state index in [1.807, 2.05) is 25.1 Å². The molecule has 0 amide bonds. The van der Waals surface area contributed by atoms with Crippen LogP contribution < -0.4 is 10.5 Å². The molecule has 0 aromatic heterocycles. The molecule has 2 aromatic carbocycles. The van der Waals surface area contributed by atoms with Crippen LogP contribution >= 0.6 is 0 Å². The lowest BCUT2D eigenvalue weighted by atomic mass is 10.1. The minimum absolute atomic E-state index is 0.148. The summed E-state index contributed by atoms with van der Waals surface area (Å²) in [5.41, 5.74) is 11.4.